The van der Waals surface area contributed by atoms with Gasteiger partial charge in [-0.05, 0) is 35.4 Å². The van der Waals surface area contributed by atoms with Crippen molar-refractivity contribution in [3.63, 3.8) is 0 Å². The Morgan fingerprint density at radius 1 is 0.743 bits per heavy atom. The summed E-state index contributed by atoms with van der Waals surface area (Å²) in [5.74, 6) is 1.15. The number of rotatable bonds is 5. The molecule has 0 aliphatic carbocycles. The van der Waals surface area contributed by atoms with Crippen molar-refractivity contribution in [3.05, 3.63) is 103 Å². The molecule has 0 saturated carbocycles. The minimum Gasteiger partial charge on any atom is -0.326 e. The van der Waals surface area contributed by atoms with Crippen LogP contribution in [0.4, 0.5) is 0 Å². The SMILES string of the molecule is NCc1ccc(-c2nc3ccnc(-c4nc(-c5cccnc5)n[nH]4)c3cc2-c2ccccc2)cc1. The third-order valence-corrected chi connectivity index (χ3v) is 5.92. The number of nitrogens with two attached hydrogens (primary N) is 1. The summed E-state index contributed by atoms with van der Waals surface area (Å²) in [5, 5.41) is 8.32. The fourth-order valence-electron chi connectivity index (χ4n) is 4.13. The highest BCUT2D eigenvalue weighted by Gasteiger charge is 2.17. The number of aromatic nitrogens is 6. The van der Waals surface area contributed by atoms with Gasteiger partial charge in [-0.2, -0.15) is 5.10 Å². The van der Waals surface area contributed by atoms with E-state index in [-0.39, 0.29) is 0 Å². The van der Waals surface area contributed by atoms with E-state index in [2.05, 4.69) is 50.5 Å². The zero-order valence-electron chi connectivity index (χ0n) is 18.8. The molecular weight excluding hydrogens is 434 g/mol. The Hall–Kier alpha value is -4.75. The minimum absolute atomic E-state index is 0.504. The van der Waals surface area contributed by atoms with Crippen molar-refractivity contribution in [2.75, 3.05) is 0 Å². The molecule has 168 valence electrons. The minimum atomic E-state index is 0.504. The maximum absolute atomic E-state index is 5.80. The fraction of sp³-hybridized carbons (Fsp3) is 0.0357. The van der Waals surface area contributed by atoms with Crippen molar-refractivity contribution < 1.29 is 0 Å². The molecule has 2 aromatic carbocycles. The molecule has 0 aliphatic rings. The van der Waals surface area contributed by atoms with E-state index in [0.29, 0.717) is 23.9 Å². The summed E-state index contributed by atoms with van der Waals surface area (Å²) in [6.45, 7) is 0.504. The second-order valence-corrected chi connectivity index (χ2v) is 8.13. The van der Waals surface area contributed by atoms with Crippen molar-refractivity contribution in [2.45, 2.75) is 6.54 Å². The van der Waals surface area contributed by atoms with E-state index in [0.717, 1.165) is 44.4 Å². The number of hydrogen-bond acceptors (Lipinski definition) is 6. The zero-order chi connectivity index (χ0) is 23.6. The first-order valence-corrected chi connectivity index (χ1v) is 11.3. The molecule has 0 saturated heterocycles. The van der Waals surface area contributed by atoms with Crippen molar-refractivity contribution in [1.82, 2.24) is 30.1 Å². The Morgan fingerprint density at radius 2 is 1.57 bits per heavy atom. The maximum Gasteiger partial charge on any atom is 0.183 e. The van der Waals surface area contributed by atoms with Crippen molar-refractivity contribution in [3.8, 4) is 45.3 Å². The lowest BCUT2D eigenvalue weighted by atomic mass is 9.96. The van der Waals surface area contributed by atoms with E-state index in [1.54, 1.807) is 18.6 Å². The maximum atomic E-state index is 5.80. The second-order valence-electron chi connectivity index (χ2n) is 8.13. The normalized spacial score (nSPS) is 11.1. The van der Waals surface area contributed by atoms with E-state index in [1.165, 1.54) is 0 Å². The van der Waals surface area contributed by atoms with E-state index >= 15 is 0 Å². The van der Waals surface area contributed by atoms with Gasteiger partial charge in [0.2, 0.25) is 0 Å². The Bertz CT molecular complexity index is 1610. The molecular formula is C28H21N7. The Morgan fingerprint density at radius 3 is 2.34 bits per heavy atom. The van der Waals surface area contributed by atoms with Crippen LogP contribution in [0.3, 0.4) is 0 Å². The molecule has 7 heteroatoms. The molecule has 0 amide bonds. The summed E-state index contributed by atoms with van der Waals surface area (Å²) in [6, 6.07) is 26.3. The summed E-state index contributed by atoms with van der Waals surface area (Å²) >= 11 is 0. The van der Waals surface area contributed by atoms with Crippen LogP contribution in [0, 0.1) is 0 Å². The van der Waals surface area contributed by atoms with Crippen LogP contribution in [0.15, 0.2) is 97.5 Å². The Kier molecular flexibility index (Phi) is 5.29. The molecule has 0 aliphatic heterocycles. The van der Waals surface area contributed by atoms with Gasteiger partial charge in [-0.1, -0.05) is 54.6 Å². The highest BCUT2D eigenvalue weighted by Crippen LogP contribution is 2.36. The van der Waals surface area contributed by atoms with Gasteiger partial charge >= 0.3 is 0 Å². The third kappa shape index (κ3) is 3.94. The lowest BCUT2D eigenvalue weighted by Crippen LogP contribution is -1.97. The summed E-state index contributed by atoms with van der Waals surface area (Å²) in [5.41, 5.74) is 13.3. The number of pyridine rings is 3. The van der Waals surface area contributed by atoms with Crippen LogP contribution >= 0.6 is 0 Å². The number of nitrogens with zero attached hydrogens (tertiary/aromatic N) is 5. The van der Waals surface area contributed by atoms with Crippen LogP contribution in [0.1, 0.15) is 5.56 Å². The van der Waals surface area contributed by atoms with Gasteiger partial charge in [0.1, 0.15) is 5.69 Å². The average molecular weight is 456 g/mol. The fourth-order valence-corrected chi connectivity index (χ4v) is 4.13. The Labute approximate surface area is 201 Å². The molecule has 0 radical (unpaired) electrons. The summed E-state index contributed by atoms with van der Waals surface area (Å²) in [6.07, 6.45) is 5.21. The number of nitrogens with one attached hydrogen (secondary N) is 1. The molecule has 0 fully saturated rings. The molecule has 7 nitrogen and oxygen atoms in total. The van der Waals surface area contributed by atoms with Crippen LogP contribution in [-0.4, -0.2) is 30.1 Å². The zero-order valence-corrected chi connectivity index (χ0v) is 18.8. The molecule has 6 rings (SSSR count). The number of hydrogen-bond donors (Lipinski definition) is 2. The molecule has 4 aromatic heterocycles. The average Bonchev–Trinajstić information content (AvgIpc) is 3.43. The van der Waals surface area contributed by atoms with Gasteiger partial charge in [0, 0.05) is 47.2 Å². The number of benzene rings is 2. The molecule has 3 N–H and O–H groups in total. The topological polar surface area (TPSA) is 106 Å². The van der Waals surface area contributed by atoms with Crippen molar-refractivity contribution >= 4 is 10.9 Å². The second kappa shape index (κ2) is 8.89. The van der Waals surface area contributed by atoms with E-state index < -0.39 is 0 Å². The van der Waals surface area contributed by atoms with Gasteiger partial charge in [0.25, 0.3) is 0 Å². The molecule has 0 atom stereocenters. The monoisotopic (exact) mass is 455 g/mol. The van der Waals surface area contributed by atoms with Crippen LogP contribution < -0.4 is 5.73 Å². The van der Waals surface area contributed by atoms with E-state index in [9.17, 15) is 0 Å². The summed E-state index contributed by atoms with van der Waals surface area (Å²) < 4.78 is 0. The molecule has 4 heterocycles. The molecule has 0 bridgehead atoms. The predicted octanol–water partition coefficient (Wildman–Crippen LogP) is 5.27. The number of aromatic amines is 1. The largest absolute Gasteiger partial charge is 0.326 e. The first-order valence-electron chi connectivity index (χ1n) is 11.3. The van der Waals surface area contributed by atoms with Gasteiger partial charge in [-0.25, -0.2) is 9.97 Å². The number of H-pyrrole nitrogens is 1. The third-order valence-electron chi connectivity index (χ3n) is 5.92. The van der Waals surface area contributed by atoms with Gasteiger partial charge in [-0.3, -0.25) is 15.1 Å². The smallest absolute Gasteiger partial charge is 0.183 e. The molecule has 6 aromatic rings. The lowest BCUT2D eigenvalue weighted by Gasteiger charge is -2.13. The van der Waals surface area contributed by atoms with Gasteiger partial charge < -0.3 is 5.73 Å². The van der Waals surface area contributed by atoms with E-state index in [4.69, 9.17) is 15.7 Å². The standard InChI is InChI=1S/C28H21N7/c29-16-18-8-10-20(11-9-18)25-22(19-5-2-1-3-6-19)15-23-24(32-25)12-14-31-26(23)28-33-27(34-35-28)21-7-4-13-30-17-21/h1-15,17H,16,29H2,(H,33,34,35). The predicted molar refractivity (Wildman–Crippen MR) is 137 cm³/mol. The summed E-state index contributed by atoms with van der Waals surface area (Å²) in [7, 11) is 0. The van der Waals surface area contributed by atoms with Crippen LogP contribution in [0.25, 0.3) is 56.2 Å². The molecule has 0 unspecified atom stereocenters. The highest BCUT2D eigenvalue weighted by atomic mass is 15.2. The van der Waals surface area contributed by atoms with Crippen LogP contribution in [-0.2, 0) is 6.54 Å². The van der Waals surface area contributed by atoms with E-state index in [1.807, 2.05) is 48.5 Å². The molecule has 0 spiro atoms. The lowest BCUT2D eigenvalue weighted by molar-refractivity contribution is 1.07. The van der Waals surface area contributed by atoms with Gasteiger partial charge in [-0.15, -0.1) is 0 Å². The van der Waals surface area contributed by atoms with Crippen molar-refractivity contribution in [2.24, 2.45) is 5.73 Å². The summed E-state index contributed by atoms with van der Waals surface area (Å²) in [4.78, 5) is 18.6. The first-order chi connectivity index (χ1) is 17.3. The van der Waals surface area contributed by atoms with Crippen LogP contribution in [0.2, 0.25) is 0 Å². The highest BCUT2D eigenvalue weighted by molar-refractivity contribution is 5.97. The van der Waals surface area contributed by atoms with Gasteiger partial charge in [0.05, 0.1) is 11.2 Å². The first kappa shape index (κ1) is 20.8. The Balaban J connectivity index is 1.54. The van der Waals surface area contributed by atoms with Gasteiger partial charge in [0.15, 0.2) is 11.6 Å². The van der Waals surface area contributed by atoms with Crippen molar-refractivity contribution in [1.29, 1.82) is 0 Å². The molecule has 35 heavy (non-hydrogen) atoms. The quantitative estimate of drug-likeness (QED) is 0.367. The van der Waals surface area contributed by atoms with Crippen LogP contribution in [0.5, 0.6) is 0 Å². The number of fused-ring (bicyclic) bond motifs is 1.